The molecule has 0 heterocycles. The molecule has 0 unspecified atom stereocenters. The van der Waals surface area contributed by atoms with Crippen molar-refractivity contribution in [3.63, 3.8) is 0 Å². The van der Waals surface area contributed by atoms with Gasteiger partial charge in [0.1, 0.15) is 0 Å². The van der Waals surface area contributed by atoms with E-state index < -0.39 is 14.4 Å². The zero-order chi connectivity index (χ0) is 18.4. The summed E-state index contributed by atoms with van der Waals surface area (Å²) < 4.78 is 3.76. The molecule has 0 saturated heterocycles. The van der Waals surface area contributed by atoms with Crippen molar-refractivity contribution in [3.8, 4) is 0 Å². The quantitative estimate of drug-likeness (QED) is 0.433. The number of nitrogens with one attached hydrogen (secondary N) is 1. The summed E-state index contributed by atoms with van der Waals surface area (Å²) in [5.74, 6) is 2.36. The monoisotopic (exact) mass is 356 g/mol. The van der Waals surface area contributed by atoms with Crippen LogP contribution in [0.25, 0.3) is 0 Å². The molecule has 0 saturated carbocycles. The van der Waals surface area contributed by atoms with Gasteiger partial charge in [0.2, 0.25) is 0 Å². The molecule has 2 nitrogen and oxygen atoms in total. The number of aliphatic imine (C=N–C) groups is 1. The summed E-state index contributed by atoms with van der Waals surface area (Å²) >= 11 is -1.13. The number of aryl methyl sites for hydroxylation is 2. The standard InChI is InChI=1S/C15H14N.C7H8N.CH3.Al/c1-12-7-3-5-9-14(12)11-16-15-10-6-4-8-13(15)2;1-6-4-2-3-5-7(6)8;;/h3-11H,1H2,2H3;2-5,8H,1H3;1H3;/q;-1;;+1. The first-order chi connectivity index (χ1) is 12.6. The van der Waals surface area contributed by atoms with Crippen LogP contribution in [0.3, 0.4) is 0 Å². The normalized spacial score (nSPS) is 10.9. The molecule has 130 valence electrons. The van der Waals surface area contributed by atoms with Gasteiger partial charge in [0, 0.05) is 11.9 Å². The van der Waals surface area contributed by atoms with Gasteiger partial charge in [-0.3, -0.25) is 4.99 Å². The molecule has 0 spiro atoms. The van der Waals surface area contributed by atoms with Crippen LogP contribution < -0.4 is 4.30 Å². The van der Waals surface area contributed by atoms with Gasteiger partial charge in [-0.1, -0.05) is 72.0 Å². The Bertz CT molecular complexity index is 902. The SMILES string of the molecule is Cc1ccccc1N=Cc1ccccc1[CH2][Al]([CH3])[NH]c1ccccc1C. The van der Waals surface area contributed by atoms with E-state index in [0.29, 0.717) is 0 Å². The molecule has 0 fully saturated rings. The molecule has 0 bridgehead atoms. The van der Waals surface area contributed by atoms with Crippen LogP contribution in [0, 0.1) is 13.8 Å². The lowest BCUT2D eigenvalue weighted by Gasteiger charge is -2.14. The maximum absolute atomic E-state index is 4.71. The summed E-state index contributed by atoms with van der Waals surface area (Å²) in [6.45, 7) is 4.26. The summed E-state index contributed by atoms with van der Waals surface area (Å²) in [7, 11) is 0. The molecule has 3 aromatic rings. The fourth-order valence-corrected chi connectivity index (χ4v) is 5.06. The highest BCUT2D eigenvalue weighted by atomic mass is 27.2. The van der Waals surface area contributed by atoms with E-state index in [1.807, 2.05) is 18.3 Å². The topological polar surface area (TPSA) is 24.4 Å². The van der Waals surface area contributed by atoms with Crippen LogP contribution in [-0.2, 0) is 5.28 Å². The molecular weight excluding hydrogens is 331 g/mol. The van der Waals surface area contributed by atoms with Crippen LogP contribution in [0.15, 0.2) is 77.8 Å². The van der Waals surface area contributed by atoms with Gasteiger partial charge < -0.3 is 4.30 Å². The lowest BCUT2D eigenvalue weighted by atomic mass is 10.1. The molecule has 0 amide bonds. The summed E-state index contributed by atoms with van der Waals surface area (Å²) in [5, 5.41) is 1.09. The van der Waals surface area contributed by atoms with E-state index >= 15 is 0 Å². The number of anilines is 1. The molecule has 0 aliphatic carbocycles. The predicted molar refractivity (Wildman–Crippen MR) is 115 cm³/mol. The second-order valence-corrected chi connectivity index (χ2v) is 9.31. The zero-order valence-corrected chi connectivity index (χ0v) is 16.9. The molecule has 3 rings (SSSR count). The predicted octanol–water partition coefficient (Wildman–Crippen LogP) is 5.87. The summed E-state index contributed by atoms with van der Waals surface area (Å²) in [6.07, 6.45) is 2.01. The molecular formula is C23H25AlN2. The lowest BCUT2D eigenvalue weighted by molar-refractivity contribution is 1.32. The van der Waals surface area contributed by atoms with Crippen LogP contribution >= 0.6 is 0 Å². The van der Waals surface area contributed by atoms with Crippen LogP contribution in [0.5, 0.6) is 0 Å². The van der Waals surface area contributed by atoms with E-state index in [-0.39, 0.29) is 0 Å². The molecule has 0 aliphatic heterocycles. The Morgan fingerprint density at radius 1 is 0.846 bits per heavy atom. The third-order valence-electron chi connectivity index (χ3n) is 4.59. The van der Waals surface area contributed by atoms with E-state index in [0.717, 1.165) is 11.0 Å². The van der Waals surface area contributed by atoms with Crippen molar-refractivity contribution in [3.05, 3.63) is 95.1 Å². The molecule has 1 N–H and O–H groups in total. The fourth-order valence-electron chi connectivity index (χ4n) is 3.07. The third-order valence-corrected chi connectivity index (χ3v) is 6.44. The van der Waals surface area contributed by atoms with Crippen molar-refractivity contribution in [2.75, 3.05) is 4.30 Å². The molecule has 0 aromatic heterocycles. The number of para-hydroxylation sites is 2. The molecule has 0 atom stereocenters. The van der Waals surface area contributed by atoms with Crippen molar-refractivity contribution >= 4 is 32.0 Å². The van der Waals surface area contributed by atoms with Crippen LogP contribution in [0.2, 0.25) is 5.79 Å². The summed E-state index contributed by atoms with van der Waals surface area (Å²) in [6, 6.07) is 25.3. The van der Waals surface area contributed by atoms with Crippen LogP contribution in [0.4, 0.5) is 11.4 Å². The number of rotatable bonds is 6. The van der Waals surface area contributed by atoms with Gasteiger partial charge in [-0.25, -0.2) is 0 Å². The first-order valence-corrected chi connectivity index (χ1v) is 11.7. The van der Waals surface area contributed by atoms with E-state index in [9.17, 15) is 0 Å². The van der Waals surface area contributed by atoms with Crippen LogP contribution in [-0.4, -0.2) is 20.6 Å². The van der Waals surface area contributed by atoms with Crippen LogP contribution in [0.1, 0.15) is 22.3 Å². The molecule has 0 aliphatic rings. The van der Waals surface area contributed by atoms with Crippen molar-refractivity contribution in [2.45, 2.75) is 24.9 Å². The van der Waals surface area contributed by atoms with Gasteiger partial charge in [0.25, 0.3) is 0 Å². The van der Waals surface area contributed by atoms with Gasteiger partial charge >= 0.3 is 14.4 Å². The minimum Gasteiger partial charge on any atom is -0.476 e. The van der Waals surface area contributed by atoms with E-state index in [1.54, 1.807) is 0 Å². The number of hydrogen-bond donors (Lipinski definition) is 1. The second-order valence-electron chi connectivity index (χ2n) is 6.81. The maximum Gasteiger partial charge on any atom is 0.412 e. The highest BCUT2D eigenvalue weighted by Gasteiger charge is 2.15. The van der Waals surface area contributed by atoms with E-state index in [4.69, 9.17) is 4.99 Å². The van der Waals surface area contributed by atoms with Crippen molar-refractivity contribution in [1.82, 2.24) is 0 Å². The molecule has 0 radical (unpaired) electrons. The van der Waals surface area contributed by atoms with E-state index in [2.05, 4.69) is 84.6 Å². The summed E-state index contributed by atoms with van der Waals surface area (Å²) in [5.41, 5.74) is 7.38. The maximum atomic E-state index is 4.71. The number of benzene rings is 3. The Morgan fingerprint density at radius 2 is 1.50 bits per heavy atom. The molecule has 26 heavy (non-hydrogen) atoms. The minimum atomic E-state index is -1.13. The smallest absolute Gasteiger partial charge is 0.412 e. The molecule has 3 aromatic carbocycles. The van der Waals surface area contributed by atoms with Gasteiger partial charge in [-0.05, 0) is 48.0 Å². The minimum absolute atomic E-state index is 1.03. The largest absolute Gasteiger partial charge is 0.476 e. The van der Waals surface area contributed by atoms with Gasteiger partial charge in [-0.15, -0.1) is 0 Å². The highest BCUT2D eigenvalue weighted by molar-refractivity contribution is 6.60. The van der Waals surface area contributed by atoms with Crippen molar-refractivity contribution in [1.29, 1.82) is 0 Å². The van der Waals surface area contributed by atoms with E-state index in [1.165, 1.54) is 27.9 Å². The zero-order valence-electron chi connectivity index (χ0n) is 15.7. The average molecular weight is 356 g/mol. The first-order valence-electron chi connectivity index (χ1n) is 9.13. The lowest BCUT2D eigenvalue weighted by Crippen LogP contribution is -2.25. The van der Waals surface area contributed by atoms with Crippen molar-refractivity contribution in [2.24, 2.45) is 4.99 Å². The Hall–Kier alpha value is -2.34. The number of hydrogen-bond acceptors (Lipinski definition) is 2. The van der Waals surface area contributed by atoms with Gasteiger partial charge in [0.05, 0.1) is 5.69 Å². The summed E-state index contributed by atoms with van der Waals surface area (Å²) in [4.78, 5) is 4.71. The fraction of sp³-hybridized carbons (Fsp3) is 0.174. The number of nitrogens with zero attached hydrogens (tertiary/aromatic N) is 1. The van der Waals surface area contributed by atoms with Gasteiger partial charge in [-0.2, -0.15) is 0 Å². The van der Waals surface area contributed by atoms with Gasteiger partial charge in [0.15, 0.2) is 0 Å². The Labute approximate surface area is 161 Å². The van der Waals surface area contributed by atoms with Crippen molar-refractivity contribution < 1.29 is 0 Å². The molecule has 3 heteroatoms. The third kappa shape index (κ3) is 4.85. The average Bonchev–Trinajstić information content (AvgIpc) is 2.64. The first kappa shape index (κ1) is 18.5. The second kappa shape index (κ2) is 8.85. The Kier molecular flexibility index (Phi) is 6.28. The highest BCUT2D eigenvalue weighted by Crippen LogP contribution is 2.19. The Balaban J connectivity index is 1.75. The Morgan fingerprint density at radius 3 is 2.27 bits per heavy atom.